The van der Waals surface area contributed by atoms with Crippen molar-refractivity contribution in [3.8, 4) is 0 Å². The maximum absolute atomic E-state index is 13.7. The number of carboxylic acids is 1. The third-order valence-corrected chi connectivity index (χ3v) is 5.85. The Morgan fingerprint density at radius 3 is 2.50 bits per heavy atom. The molecule has 8 nitrogen and oxygen atoms in total. The molecule has 1 atom stereocenters. The first kappa shape index (κ1) is 22.8. The van der Waals surface area contributed by atoms with Crippen LogP contribution in [-0.4, -0.2) is 46.3 Å². The van der Waals surface area contributed by atoms with Gasteiger partial charge in [-0.05, 0) is 18.2 Å². The van der Waals surface area contributed by atoms with Gasteiger partial charge in [0.15, 0.2) is 0 Å². The largest absolute Gasteiger partial charge is 0.478 e. The molecule has 0 radical (unpaired) electrons. The molecule has 36 heavy (non-hydrogen) atoms. The molecular formula is C28H22N4O4. The first-order chi connectivity index (χ1) is 17.5. The van der Waals surface area contributed by atoms with E-state index >= 15 is 0 Å². The van der Waals surface area contributed by atoms with Crippen LogP contribution in [-0.2, 0) is 9.59 Å². The maximum atomic E-state index is 13.7. The van der Waals surface area contributed by atoms with Gasteiger partial charge >= 0.3 is 5.97 Å². The van der Waals surface area contributed by atoms with E-state index in [1.54, 1.807) is 18.2 Å². The predicted molar refractivity (Wildman–Crippen MR) is 137 cm³/mol. The maximum Gasteiger partial charge on any atom is 0.328 e. The van der Waals surface area contributed by atoms with E-state index in [9.17, 15) is 14.4 Å². The summed E-state index contributed by atoms with van der Waals surface area (Å²) >= 11 is 0. The fourth-order valence-corrected chi connectivity index (χ4v) is 4.19. The number of carbonyl (C=O) groups is 3. The number of anilines is 1. The molecule has 2 heterocycles. The summed E-state index contributed by atoms with van der Waals surface area (Å²) in [6.45, 7) is -0.00149. The van der Waals surface area contributed by atoms with Crippen LogP contribution in [0.2, 0.25) is 0 Å². The van der Waals surface area contributed by atoms with Crippen LogP contribution in [0, 0.1) is 0 Å². The Morgan fingerprint density at radius 1 is 1.00 bits per heavy atom. The number of hydrogen-bond acceptors (Lipinski definition) is 4. The van der Waals surface area contributed by atoms with E-state index in [0.29, 0.717) is 22.7 Å². The van der Waals surface area contributed by atoms with E-state index < -0.39 is 23.9 Å². The fourth-order valence-electron chi connectivity index (χ4n) is 4.19. The van der Waals surface area contributed by atoms with E-state index in [0.717, 1.165) is 22.5 Å². The van der Waals surface area contributed by atoms with E-state index in [4.69, 9.17) is 10.1 Å². The van der Waals surface area contributed by atoms with Crippen LogP contribution >= 0.6 is 0 Å². The highest BCUT2D eigenvalue weighted by atomic mass is 16.4. The molecule has 3 N–H and O–H groups in total. The summed E-state index contributed by atoms with van der Waals surface area (Å²) in [5, 5.41) is 12.7. The van der Waals surface area contributed by atoms with Gasteiger partial charge in [0.1, 0.15) is 5.69 Å². The summed E-state index contributed by atoms with van der Waals surface area (Å²) in [6.07, 6.45) is 1.14. The molecule has 3 aromatic carbocycles. The number of nitrogens with zero attached hydrogens (tertiary/aromatic N) is 2. The Hall–Kier alpha value is -4.98. The predicted octanol–water partition coefficient (Wildman–Crippen LogP) is 3.75. The van der Waals surface area contributed by atoms with Gasteiger partial charge < -0.3 is 20.3 Å². The topological polar surface area (TPSA) is 115 Å². The molecule has 1 aliphatic rings. The van der Waals surface area contributed by atoms with Crippen molar-refractivity contribution in [2.24, 2.45) is 4.99 Å². The quantitative estimate of drug-likeness (QED) is 0.366. The summed E-state index contributed by atoms with van der Waals surface area (Å²) in [4.78, 5) is 47.2. The Labute approximate surface area is 206 Å². The van der Waals surface area contributed by atoms with Crippen LogP contribution in [0.4, 0.5) is 5.69 Å². The molecule has 1 aliphatic heterocycles. The molecule has 8 heteroatoms. The Bertz CT molecular complexity index is 1490. The highest BCUT2D eigenvalue weighted by Gasteiger charge is 2.33. The minimum Gasteiger partial charge on any atom is -0.478 e. The number of H-pyrrole nitrogens is 1. The number of aromatic amines is 1. The first-order valence-electron chi connectivity index (χ1n) is 11.3. The van der Waals surface area contributed by atoms with Gasteiger partial charge in [-0.3, -0.25) is 9.59 Å². The molecule has 1 aromatic heterocycles. The van der Waals surface area contributed by atoms with Crippen LogP contribution in [0.25, 0.3) is 10.9 Å². The van der Waals surface area contributed by atoms with Gasteiger partial charge in [0.05, 0.1) is 11.4 Å². The SMILES string of the molecule is O=C(O)/C=C/CN1C(=O)[C@@H](NC(=O)c2cc3ccccc3[nH]2)N=C(c2ccccc2)c2ccccc21. The van der Waals surface area contributed by atoms with Crippen molar-refractivity contribution in [3.05, 3.63) is 114 Å². The van der Waals surface area contributed by atoms with E-state index in [-0.39, 0.29) is 6.54 Å². The number of carboxylic acid groups (broad SMARTS) is 1. The van der Waals surface area contributed by atoms with Crippen molar-refractivity contribution in [2.45, 2.75) is 6.17 Å². The number of aliphatic imine (C=N–C) groups is 1. The second kappa shape index (κ2) is 9.71. The van der Waals surface area contributed by atoms with E-state index in [1.165, 1.54) is 11.0 Å². The number of aromatic nitrogens is 1. The van der Waals surface area contributed by atoms with E-state index in [2.05, 4.69) is 10.3 Å². The lowest BCUT2D eigenvalue weighted by Gasteiger charge is -2.24. The summed E-state index contributed by atoms with van der Waals surface area (Å²) < 4.78 is 0. The highest BCUT2D eigenvalue weighted by molar-refractivity contribution is 6.20. The number of benzodiazepines with no additional fused rings is 1. The van der Waals surface area contributed by atoms with Gasteiger partial charge in [0, 0.05) is 34.7 Å². The molecule has 0 saturated heterocycles. The number of para-hydroxylation sites is 2. The molecule has 178 valence electrons. The summed E-state index contributed by atoms with van der Waals surface area (Å²) in [5.41, 5.74) is 3.71. The van der Waals surface area contributed by atoms with Crippen molar-refractivity contribution < 1.29 is 19.5 Å². The van der Waals surface area contributed by atoms with Crippen LogP contribution in [0.5, 0.6) is 0 Å². The summed E-state index contributed by atoms with van der Waals surface area (Å²) in [7, 11) is 0. The van der Waals surface area contributed by atoms with Gasteiger partial charge in [0.2, 0.25) is 6.17 Å². The molecule has 5 rings (SSSR count). The first-order valence-corrected chi connectivity index (χ1v) is 11.3. The van der Waals surface area contributed by atoms with E-state index in [1.807, 2.05) is 66.7 Å². The number of amides is 2. The molecular weight excluding hydrogens is 456 g/mol. The average Bonchev–Trinajstić information content (AvgIpc) is 3.29. The number of rotatable bonds is 6. The number of benzene rings is 3. The van der Waals surface area contributed by atoms with Crippen LogP contribution in [0.1, 0.15) is 21.6 Å². The van der Waals surface area contributed by atoms with Crippen molar-refractivity contribution in [3.63, 3.8) is 0 Å². The Morgan fingerprint density at radius 2 is 1.72 bits per heavy atom. The number of nitrogens with one attached hydrogen (secondary N) is 2. The molecule has 0 unspecified atom stereocenters. The molecule has 0 bridgehead atoms. The lowest BCUT2D eigenvalue weighted by Crippen LogP contribution is -2.47. The van der Waals surface area contributed by atoms with Gasteiger partial charge in [-0.1, -0.05) is 72.8 Å². The average molecular weight is 479 g/mol. The fraction of sp³-hybridized carbons (Fsp3) is 0.0714. The molecule has 0 fully saturated rings. The van der Waals surface area contributed by atoms with Gasteiger partial charge in [-0.15, -0.1) is 0 Å². The normalized spacial score (nSPS) is 15.4. The Kier molecular flexibility index (Phi) is 6.15. The zero-order valence-electron chi connectivity index (χ0n) is 19.1. The van der Waals surface area contributed by atoms with Crippen molar-refractivity contribution in [1.29, 1.82) is 0 Å². The number of aliphatic carboxylic acids is 1. The summed E-state index contributed by atoms with van der Waals surface area (Å²) in [6, 6.07) is 25.9. The standard InChI is InChI=1S/C28H22N4O4/c33-24(34)15-8-16-32-23-14-7-5-12-20(23)25(18-9-2-1-3-10-18)30-26(28(32)36)31-27(35)22-17-19-11-4-6-13-21(19)29-22/h1-15,17,26,29H,16H2,(H,31,35)(H,33,34)/b15-8+/t26-/m1/s1. The molecule has 0 saturated carbocycles. The highest BCUT2D eigenvalue weighted by Crippen LogP contribution is 2.28. The van der Waals surface area contributed by atoms with Crippen LogP contribution in [0.3, 0.4) is 0 Å². The molecule has 2 amide bonds. The summed E-state index contributed by atoms with van der Waals surface area (Å²) in [5.74, 6) is -2.07. The molecule has 4 aromatic rings. The smallest absolute Gasteiger partial charge is 0.328 e. The van der Waals surface area contributed by atoms with Crippen LogP contribution < -0.4 is 10.2 Å². The van der Waals surface area contributed by atoms with Gasteiger partial charge in [-0.25, -0.2) is 9.79 Å². The minimum atomic E-state index is -1.23. The minimum absolute atomic E-state index is 0.00149. The monoisotopic (exact) mass is 478 g/mol. The number of fused-ring (bicyclic) bond motifs is 2. The second-order valence-corrected chi connectivity index (χ2v) is 8.20. The lowest BCUT2D eigenvalue weighted by atomic mass is 10.0. The third kappa shape index (κ3) is 4.52. The van der Waals surface area contributed by atoms with Crippen molar-refractivity contribution in [1.82, 2.24) is 10.3 Å². The molecule has 0 spiro atoms. The number of carbonyl (C=O) groups excluding carboxylic acids is 2. The van der Waals surface area contributed by atoms with Gasteiger partial charge in [0.25, 0.3) is 11.8 Å². The zero-order chi connectivity index (χ0) is 25.1. The van der Waals surface area contributed by atoms with Crippen molar-refractivity contribution in [2.75, 3.05) is 11.4 Å². The van der Waals surface area contributed by atoms with Crippen LogP contribution in [0.15, 0.2) is 102 Å². The second-order valence-electron chi connectivity index (χ2n) is 8.20. The van der Waals surface area contributed by atoms with Crippen molar-refractivity contribution >= 4 is 40.1 Å². The number of hydrogen-bond donors (Lipinski definition) is 3. The zero-order valence-corrected chi connectivity index (χ0v) is 19.1. The molecule has 0 aliphatic carbocycles. The Balaban J connectivity index is 1.57. The van der Waals surface area contributed by atoms with Gasteiger partial charge in [-0.2, -0.15) is 0 Å². The third-order valence-electron chi connectivity index (χ3n) is 5.85. The lowest BCUT2D eigenvalue weighted by molar-refractivity contribution is -0.131.